The van der Waals surface area contributed by atoms with E-state index in [-0.39, 0.29) is 35.7 Å². The number of amides is 2. The number of fused-ring (bicyclic) bond motifs is 2. The molecule has 0 aliphatic carbocycles. The van der Waals surface area contributed by atoms with E-state index in [0.29, 0.717) is 48.4 Å². The van der Waals surface area contributed by atoms with E-state index in [0.717, 1.165) is 24.2 Å². The Labute approximate surface area is 347 Å². The smallest absolute Gasteiger partial charge is 0.255 e. The molecular weight excluding hydrogens is 786 g/mol. The Bertz CT molecular complexity index is 1760. The zero-order valence-corrected chi connectivity index (χ0v) is 33.7. The molecule has 8 atom stereocenters. The Morgan fingerprint density at radius 1 is 0.617 bits per heavy atom. The van der Waals surface area contributed by atoms with Crippen molar-refractivity contribution in [3.8, 4) is 11.5 Å². The number of aryl methyl sites for hydroxylation is 2. The van der Waals surface area contributed by atoms with Crippen molar-refractivity contribution in [3.05, 3.63) is 87.2 Å². The number of carbonyl (C=O) groups excluding carboxylic acids is 2. The fourth-order valence-corrected chi connectivity index (χ4v) is 6.99. The van der Waals surface area contributed by atoms with Gasteiger partial charge >= 0.3 is 0 Å². The lowest BCUT2D eigenvalue weighted by Gasteiger charge is -2.26. The summed E-state index contributed by atoms with van der Waals surface area (Å²) >= 11 is 0. The second-order valence-corrected chi connectivity index (χ2v) is 15.4. The first kappa shape index (κ1) is 48.3. The molecule has 19 heteroatoms. The number of rotatable bonds is 18. The van der Waals surface area contributed by atoms with Crippen molar-refractivity contribution in [2.45, 2.75) is 102 Å². The van der Waals surface area contributed by atoms with Crippen LogP contribution in [0.15, 0.2) is 42.5 Å². The summed E-state index contributed by atoms with van der Waals surface area (Å²) in [6.45, 7) is 3.27. The summed E-state index contributed by atoms with van der Waals surface area (Å²) in [5.74, 6) is -2.04. The van der Waals surface area contributed by atoms with Crippen molar-refractivity contribution < 1.29 is 70.9 Å². The predicted octanol–water partition coefficient (Wildman–Crippen LogP) is -2.76. The van der Waals surface area contributed by atoms with E-state index in [9.17, 15) is 60.7 Å². The van der Waals surface area contributed by atoms with Gasteiger partial charge in [-0.25, -0.2) is 0 Å². The van der Waals surface area contributed by atoms with Crippen LogP contribution in [0, 0.1) is 13.8 Å². The highest BCUT2D eigenvalue weighted by Gasteiger charge is 2.32. The van der Waals surface area contributed by atoms with Crippen LogP contribution in [0.25, 0.3) is 0 Å². The maximum atomic E-state index is 13.1. The molecule has 0 fully saturated rings. The van der Waals surface area contributed by atoms with Gasteiger partial charge in [-0.1, -0.05) is 18.2 Å². The van der Waals surface area contributed by atoms with E-state index < -0.39 is 86.9 Å². The highest BCUT2D eigenvalue weighted by molar-refractivity contribution is 5.98. The molecule has 0 spiro atoms. The molecule has 1 aliphatic rings. The molecule has 0 saturated carbocycles. The highest BCUT2D eigenvalue weighted by atomic mass is 16.4. The molecule has 8 unspecified atom stereocenters. The minimum absolute atomic E-state index is 0.0671. The average molecular weight is 846 g/mol. The molecule has 14 N–H and O–H groups in total. The third-order valence-electron chi connectivity index (χ3n) is 10.4. The average Bonchev–Trinajstić information content (AvgIpc) is 3.25. The van der Waals surface area contributed by atoms with Crippen molar-refractivity contribution in [1.82, 2.24) is 25.4 Å². The number of phenols is 2. The third kappa shape index (κ3) is 13.1. The van der Waals surface area contributed by atoms with Crippen LogP contribution in [-0.2, 0) is 26.2 Å². The lowest BCUT2D eigenvalue weighted by molar-refractivity contribution is -0.113. The molecule has 2 heterocycles. The maximum Gasteiger partial charge on any atom is 0.255 e. The summed E-state index contributed by atoms with van der Waals surface area (Å²) in [5, 5.41) is 125. The molecule has 4 rings (SSSR count). The van der Waals surface area contributed by atoms with Crippen LogP contribution >= 0.6 is 0 Å². The Hall–Kier alpha value is -4.35. The van der Waals surface area contributed by atoms with Crippen molar-refractivity contribution in [2.75, 3.05) is 39.4 Å². The van der Waals surface area contributed by atoms with Gasteiger partial charge in [-0.15, -0.1) is 0 Å². The van der Waals surface area contributed by atoms with Gasteiger partial charge in [0.1, 0.15) is 48.1 Å². The van der Waals surface area contributed by atoms with E-state index in [4.69, 9.17) is 15.2 Å². The molecule has 2 bridgehead atoms. The van der Waals surface area contributed by atoms with Gasteiger partial charge in [0.2, 0.25) is 0 Å². The molecule has 0 saturated heterocycles. The number of nitrogens with one attached hydrogen (secondary N) is 2. The zero-order valence-electron chi connectivity index (χ0n) is 33.7. The summed E-state index contributed by atoms with van der Waals surface area (Å²) in [7, 11) is 0. The molecule has 0 radical (unpaired) electrons. The van der Waals surface area contributed by atoms with Crippen LogP contribution in [0.2, 0.25) is 0 Å². The number of aromatic hydroxyl groups is 2. The van der Waals surface area contributed by atoms with Gasteiger partial charge in [-0.2, -0.15) is 0 Å². The number of carbonyl (C=O) groups is 2. The second-order valence-electron chi connectivity index (χ2n) is 15.4. The largest absolute Gasteiger partial charge is 0.507 e. The van der Waals surface area contributed by atoms with Gasteiger partial charge in [0.25, 0.3) is 11.8 Å². The number of benzene rings is 2. The van der Waals surface area contributed by atoms with Crippen LogP contribution in [0.1, 0.15) is 67.2 Å². The number of aromatic nitrogens is 1. The van der Waals surface area contributed by atoms with Crippen LogP contribution in [0.5, 0.6) is 11.5 Å². The first-order valence-electron chi connectivity index (χ1n) is 19.7. The Morgan fingerprint density at radius 3 is 1.35 bits per heavy atom. The van der Waals surface area contributed by atoms with E-state index in [2.05, 4.69) is 20.4 Å². The minimum Gasteiger partial charge on any atom is -0.507 e. The van der Waals surface area contributed by atoms with Crippen molar-refractivity contribution in [1.29, 1.82) is 0 Å². The number of aliphatic hydroxyl groups is 10. The summed E-state index contributed by atoms with van der Waals surface area (Å²) in [4.78, 5) is 35.4. The van der Waals surface area contributed by atoms with Crippen molar-refractivity contribution in [2.24, 2.45) is 0 Å². The van der Waals surface area contributed by atoms with E-state index in [1.54, 1.807) is 26.0 Å². The lowest BCUT2D eigenvalue weighted by Crippen LogP contribution is -2.49. The number of pyridine rings is 1. The van der Waals surface area contributed by atoms with Crippen LogP contribution in [0.4, 0.5) is 0 Å². The zero-order chi connectivity index (χ0) is 44.3. The Balaban J connectivity index is 1.44. The van der Waals surface area contributed by atoms with Gasteiger partial charge in [0.15, 0.2) is 0 Å². The van der Waals surface area contributed by atoms with Crippen molar-refractivity contribution >= 4 is 11.8 Å². The summed E-state index contributed by atoms with van der Waals surface area (Å²) in [5.41, 5.74) is 3.66. The number of phenolic OH excluding ortho intramolecular Hbond substituents is 2. The van der Waals surface area contributed by atoms with Crippen LogP contribution in [-0.4, -0.2) is 176 Å². The van der Waals surface area contributed by atoms with Crippen LogP contribution < -0.4 is 10.6 Å². The number of aliphatic hydroxyl groups excluding tert-OH is 10. The number of hydrogen-bond acceptors (Lipinski definition) is 17. The normalized spacial score (nSPS) is 18.3. The monoisotopic (exact) mass is 845 g/mol. The summed E-state index contributed by atoms with van der Waals surface area (Å²) in [6.07, 6.45) is -12.8. The second kappa shape index (κ2) is 22.5. The summed E-state index contributed by atoms with van der Waals surface area (Å²) in [6, 6.07) is 12.1. The Kier molecular flexibility index (Phi) is 18.1. The molecule has 19 nitrogen and oxygen atoms in total. The predicted molar refractivity (Wildman–Crippen MR) is 214 cm³/mol. The molecule has 3 aromatic rings. The first-order chi connectivity index (χ1) is 28.4. The SMILES string of the molecule is Cc1cc(CN2CCCCN(Cc3cc(C)cc(C(=O)NCC(O)C(O)C(O)C(O)CO)c3O)Cc3cccc(n3)C2)c(O)c(C(=O)NCC(O)C(O)C(O)C(O)CO)c1. The summed E-state index contributed by atoms with van der Waals surface area (Å²) < 4.78 is 0. The molecule has 332 valence electrons. The van der Waals surface area contributed by atoms with Gasteiger partial charge < -0.3 is 71.9 Å². The molecule has 1 aromatic heterocycles. The van der Waals surface area contributed by atoms with Gasteiger partial charge in [-0.05, 0) is 75.2 Å². The quantitative estimate of drug-likeness (QED) is 0.0617. The maximum absolute atomic E-state index is 13.1. The topological polar surface area (TPSA) is 320 Å². The van der Waals surface area contributed by atoms with Crippen LogP contribution in [0.3, 0.4) is 0 Å². The van der Waals surface area contributed by atoms with E-state index in [1.807, 2.05) is 18.2 Å². The lowest BCUT2D eigenvalue weighted by atomic mass is 10.0. The van der Waals surface area contributed by atoms with Gasteiger partial charge in [-0.3, -0.25) is 24.4 Å². The molecule has 2 aromatic carbocycles. The number of hydrogen-bond donors (Lipinski definition) is 14. The molecule has 1 aliphatic heterocycles. The fourth-order valence-electron chi connectivity index (χ4n) is 6.99. The third-order valence-corrected chi connectivity index (χ3v) is 10.4. The van der Waals surface area contributed by atoms with Gasteiger partial charge in [0.05, 0.1) is 47.9 Å². The standard InChI is InChI=1S/C41H59N5O14/c1-22-10-24(34(53)28(12-22)40(59)42-14-30(49)36(55)38(57)32(51)20-47)16-45-8-3-4-9-46(19-27-7-5-6-26(18-45)44-27)17-25-11-23(2)13-29(35(25)54)41(60)43-15-31(50)37(56)39(58)33(52)21-48/h5-7,10-13,30-33,36-39,47-58H,3-4,8-9,14-21H2,1-2H3,(H,42,59)(H,43,60). The number of nitrogens with zero attached hydrogens (tertiary/aromatic N) is 3. The van der Waals surface area contributed by atoms with E-state index in [1.165, 1.54) is 12.1 Å². The molecule has 60 heavy (non-hydrogen) atoms. The fraction of sp³-hybridized carbons (Fsp3) is 0.537. The molecular formula is C41H59N5O14. The minimum atomic E-state index is -1.87. The first-order valence-corrected chi connectivity index (χ1v) is 19.7. The van der Waals surface area contributed by atoms with Gasteiger partial charge in [0, 0.05) is 50.4 Å². The van der Waals surface area contributed by atoms with Crippen molar-refractivity contribution in [3.63, 3.8) is 0 Å². The Morgan fingerprint density at radius 2 is 0.983 bits per heavy atom. The molecule has 2 amide bonds. The highest BCUT2D eigenvalue weighted by Crippen LogP contribution is 2.29. The van der Waals surface area contributed by atoms with E-state index >= 15 is 0 Å².